The Hall–Kier alpha value is -6.04. The van der Waals surface area contributed by atoms with Gasteiger partial charge in [0.05, 0.1) is 38.0 Å². The molecule has 2 aliphatic heterocycles. The van der Waals surface area contributed by atoms with Gasteiger partial charge < -0.3 is 33.9 Å². The van der Waals surface area contributed by atoms with Crippen molar-refractivity contribution < 1.29 is 56.1 Å². The summed E-state index contributed by atoms with van der Waals surface area (Å²) < 4.78 is 64.5. The number of amides is 5. The van der Waals surface area contributed by atoms with Crippen molar-refractivity contribution in [3.8, 4) is 11.3 Å². The Morgan fingerprint density at radius 1 is 0.969 bits per heavy atom. The van der Waals surface area contributed by atoms with Crippen molar-refractivity contribution in [3.05, 3.63) is 89.9 Å². The van der Waals surface area contributed by atoms with Crippen LogP contribution in [0.1, 0.15) is 78.7 Å². The van der Waals surface area contributed by atoms with Crippen molar-refractivity contribution in [2.45, 2.75) is 91.8 Å². The van der Waals surface area contributed by atoms with E-state index in [2.05, 4.69) is 5.32 Å². The summed E-state index contributed by atoms with van der Waals surface area (Å²) in [4.78, 5) is 85.4. The average molecular weight is 895 g/mol. The van der Waals surface area contributed by atoms with Crippen LogP contribution in [0.4, 0.5) is 18.0 Å². The number of nitrogens with one attached hydrogen (secondary N) is 1. The van der Waals surface area contributed by atoms with Crippen LogP contribution in [0.15, 0.2) is 66.9 Å². The number of carbonyl (C=O) groups is 6. The molecule has 5 amide bonds. The molecule has 3 heterocycles. The molecule has 1 aromatic heterocycles. The summed E-state index contributed by atoms with van der Waals surface area (Å²) in [6.07, 6.45) is 0.319. The standard InChI is InChI=1S/C46H57F3N6O9/c1-29(63-30(2)56)43(60)55(26-32-25-53(27-36(32)49)44(61)64-45(3,4)5)41(46(6,7)18-19-50-38(57)17-21-62-22-20-54-39(58)15-16-40(54)59)42-51-37(34-23-33(47)13-14-35(34)48)28-52(42)24-31-11-9-8-10-12-31/h8-16,23,28-29,32,36,41H,17-22,24-27H2,1-7H3,(H,50,57)/t29-,32-,36-,41-/m0/s1. The van der Waals surface area contributed by atoms with Gasteiger partial charge in [-0.15, -0.1) is 0 Å². The fourth-order valence-corrected chi connectivity index (χ4v) is 7.70. The number of likely N-dealkylation sites (tertiary alicyclic amines) is 1. The van der Waals surface area contributed by atoms with Crippen LogP contribution in [0.25, 0.3) is 11.3 Å². The van der Waals surface area contributed by atoms with E-state index in [9.17, 15) is 33.2 Å². The Morgan fingerprint density at radius 2 is 1.66 bits per heavy atom. The minimum absolute atomic E-state index is 0.000253. The van der Waals surface area contributed by atoms with E-state index in [0.29, 0.717) is 0 Å². The van der Waals surface area contributed by atoms with Gasteiger partial charge in [-0.25, -0.2) is 22.9 Å². The Kier molecular flexibility index (Phi) is 16.1. The van der Waals surface area contributed by atoms with Gasteiger partial charge in [0.2, 0.25) is 5.91 Å². The maximum atomic E-state index is 16.2. The molecule has 5 rings (SSSR count). The average Bonchev–Trinajstić information content (AvgIpc) is 3.89. The number of rotatable bonds is 19. The number of hydrogen-bond acceptors (Lipinski definition) is 10. The summed E-state index contributed by atoms with van der Waals surface area (Å²) >= 11 is 0. The van der Waals surface area contributed by atoms with E-state index in [-0.39, 0.29) is 88.3 Å². The van der Waals surface area contributed by atoms with E-state index in [1.54, 1.807) is 31.5 Å². The van der Waals surface area contributed by atoms with E-state index in [0.717, 1.165) is 35.6 Å². The predicted octanol–water partition coefficient (Wildman–Crippen LogP) is 5.77. The lowest BCUT2D eigenvalue weighted by Crippen LogP contribution is -2.51. The molecular formula is C46H57F3N6O9. The third kappa shape index (κ3) is 13.0. The maximum absolute atomic E-state index is 16.2. The highest BCUT2D eigenvalue weighted by Gasteiger charge is 2.46. The molecule has 18 heteroatoms. The Morgan fingerprint density at radius 3 is 2.31 bits per heavy atom. The molecular weight excluding hydrogens is 838 g/mol. The van der Waals surface area contributed by atoms with Crippen molar-refractivity contribution in [2.24, 2.45) is 11.3 Å². The molecule has 0 bridgehead atoms. The van der Waals surface area contributed by atoms with Gasteiger partial charge >= 0.3 is 12.1 Å². The van der Waals surface area contributed by atoms with Crippen molar-refractivity contribution in [1.82, 2.24) is 29.6 Å². The quantitative estimate of drug-likeness (QED) is 0.0887. The summed E-state index contributed by atoms with van der Waals surface area (Å²) in [6.45, 7) is 10.8. The highest BCUT2D eigenvalue weighted by molar-refractivity contribution is 6.12. The first-order valence-corrected chi connectivity index (χ1v) is 21.2. The number of hydrogen-bond donors (Lipinski definition) is 1. The van der Waals surface area contributed by atoms with Gasteiger partial charge in [0, 0.05) is 69.4 Å². The SMILES string of the molecule is CC(=O)O[C@@H](C)C(=O)N(C[C@@H]1CN(C(=O)OC(C)(C)C)C[C@@H]1F)[C@@H](c1nc(-c2cc(F)ccc2F)cn1Cc1ccccc1)C(C)(C)CCNC(=O)CCOCCN1C(=O)C=CC1=O. The maximum Gasteiger partial charge on any atom is 0.410 e. The number of imidazole rings is 1. The Labute approximate surface area is 370 Å². The molecule has 3 aromatic rings. The third-order valence-corrected chi connectivity index (χ3v) is 10.8. The van der Waals surface area contributed by atoms with Crippen LogP contribution < -0.4 is 5.32 Å². The van der Waals surface area contributed by atoms with E-state index in [1.165, 1.54) is 28.9 Å². The number of ether oxygens (including phenoxy) is 3. The second kappa shape index (κ2) is 21.1. The van der Waals surface area contributed by atoms with Crippen molar-refractivity contribution in [3.63, 3.8) is 0 Å². The van der Waals surface area contributed by atoms with E-state index >= 15 is 8.78 Å². The number of halogens is 3. The molecule has 1 fully saturated rings. The van der Waals surface area contributed by atoms with E-state index < -0.39 is 76.7 Å². The number of alkyl halides is 1. The first-order valence-electron chi connectivity index (χ1n) is 21.2. The Bertz CT molecular complexity index is 2190. The van der Waals surface area contributed by atoms with Gasteiger partial charge in [0.25, 0.3) is 17.7 Å². The van der Waals surface area contributed by atoms with Crippen LogP contribution >= 0.6 is 0 Å². The van der Waals surface area contributed by atoms with Crippen molar-refractivity contribution in [2.75, 3.05) is 45.9 Å². The molecule has 0 unspecified atom stereocenters. The van der Waals surface area contributed by atoms with Gasteiger partial charge in [0.15, 0.2) is 6.10 Å². The fraction of sp³-hybridized carbons (Fsp3) is 0.500. The molecule has 15 nitrogen and oxygen atoms in total. The first kappa shape index (κ1) is 49.0. The van der Waals surface area contributed by atoms with Crippen LogP contribution in [0, 0.1) is 23.0 Å². The highest BCUT2D eigenvalue weighted by atomic mass is 19.1. The lowest BCUT2D eigenvalue weighted by atomic mass is 9.78. The van der Waals surface area contributed by atoms with Gasteiger partial charge in [-0.05, 0) is 63.3 Å². The fourth-order valence-electron chi connectivity index (χ4n) is 7.70. The lowest BCUT2D eigenvalue weighted by Gasteiger charge is -2.44. The van der Waals surface area contributed by atoms with Gasteiger partial charge in [-0.2, -0.15) is 0 Å². The molecule has 0 aliphatic carbocycles. The second-order valence-corrected chi connectivity index (χ2v) is 17.6. The van der Waals surface area contributed by atoms with Crippen molar-refractivity contribution >= 4 is 35.7 Å². The summed E-state index contributed by atoms with van der Waals surface area (Å²) in [5.41, 5.74) is -1.22. The number of benzene rings is 2. The van der Waals surface area contributed by atoms with E-state index in [4.69, 9.17) is 19.2 Å². The molecule has 64 heavy (non-hydrogen) atoms. The van der Waals surface area contributed by atoms with E-state index in [1.807, 2.05) is 44.2 Å². The monoisotopic (exact) mass is 894 g/mol. The number of carbonyl (C=O) groups excluding carboxylic acids is 6. The largest absolute Gasteiger partial charge is 0.453 e. The van der Waals surface area contributed by atoms with Crippen LogP contribution in [0.5, 0.6) is 0 Å². The first-order chi connectivity index (χ1) is 30.1. The second-order valence-electron chi connectivity index (χ2n) is 17.6. The lowest BCUT2D eigenvalue weighted by molar-refractivity contribution is -0.161. The third-order valence-electron chi connectivity index (χ3n) is 10.8. The molecule has 0 radical (unpaired) electrons. The predicted molar refractivity (Wildman–Crippen MR) is 228 cm³/mol. The summed E-state index contributed by atoms with van der Waals surface area (Å²) in [5, 5.41) is 2.87. The van der Waals surface area contributed by atoms with Gasteiger partial charge in [-0.1, -0.05) is 44.2 Å². The molecule has 2 aliphatic rings. The highest BCUT2D eigenvalue weighted by Crippen LogP contribution is 2.43. The van der Waals surface area contributed by atoms with Crippen LogP contribution in [-0.2, 0) is 44.7 Å². The molecule has 1 saturated heterocycles. The Balaban J connectivity index is 1.51. The smallest absolute Gasteiger partial charge is 0.410 e. The summed E-state index contributed by atoms with van der Waals surface area (Å²) in [5.74, 6) is -4.91. The normalized spacial score (nSPS) is 17.4. The van der Waals surface area contributed by atoms with Crippen molar-refractivity contribution in [1.29, 1.82) is 0 Å². The summed E-state index contributed by atoms with van der Waals surface area (Å²) in [7, 11) is 0. The number of imide groups is 1. The van der Waals surface area contributed by atoms with Gasteiger partial charge in [-0.3, -0.25) is 28.9 Å². The van der Waals surface area contributed by atoms with Crippen LogP contribution in [-0.4, -0.2) is 124 Å². The zero-order chi connectivity index (χ0) is 46.9. The number of nitrogens with zero attached hydrogens (tertiary/aromatic N) is 5. The van der Waals surface area contributed by atoms with Crippen LogP contribution in [0.2, 0.25) is 0 Å². The zero-order valence-electron chi connectivity index (χ0n) is 37.3. The molecule has 2 aromatic carbocycles. The topological polar surface area (TPSA) is 170 Å². The minimum atomic E-state index is -1.61. The molecule has 0 saturated carbocycles. The summed E-state index contributed by atoms with van der Waals surface area (Å²) in [6, 6.07) is 11.1. The molecule has 0 spiro atoms. The van der Waals surface area contributed by atoms with Crippen LogP contribution in [0.3, 0.4) is 0 Å². The number of esters is 1. The minimum Gasteiger partial charge on any atom is -0.453 e. The number of aromatic nitrogens is 2. The zero-order valence-corrected chi connectivity index (χ0v) is 37.3. The van der Waals surface area contributed by atoms with Gasteiger partial charge in [0.1, 0.15) is 29.2 Å². The molecule has 4 atom stereocenters. The molecule has 346 valence electrons. The molecule has 1 N–H and O–H groups in total.